The van der Waals surface area contributed by atoms with Crippen LogP contribution in [0.15, 0.2) is 24.5 Å². The van der Waals surface area contributed by atoms with Crippen molar-refractivity contribution in [3.8, 4) is 0 Å². The highest BCUT2D eigenvalue weighted by Gasteiger charge is 2.20. The van der Waals surface area contributed by atoms with Gasteiger partial charge in [0.15, 0.2) is 0 Å². The van der Waals surface area contributed by atoms with Crippen LogP contribution in [0.4, 0.5) is 0 Å². The normalized spacial score (nSPS) is 17.1. The molecule has 0 amide bonds. The van der Waals surface area contributed by atoms with E-state index in [2.05, 4.69) is 13.5 Å². The van der Waals surface area contributed by atoms with Gasteiger partial charge < -0.3 is 5.11 Å². The van der Waals surface area contributed by atoms with E-state index in [9.17, 15) is 5.11 Å². The van der Waals surface area contributed by atoms with Crippen LogP contribution in [0.25, 0.3) is 0 Å². The van der Waals surface area contributed by atoms with Crippen molar-refractivity contribution in [3.63, 3.8) is 0 Å². The van der Waals surface area contributed by atoms with E-state index in [0.717, 1.165) is 19.3 Å². The fourth-order valence-electron chi connectivity index (χ4n) is 0.747. The Morgan fingerprint density at radius 1 is 1.67 bits per heavy atom. The van der Waals surface area contributed by atoms with E-state index >= 15 is 0 Å². The Hall–Kier alpha value is -0.430. The largest absolute Gasteiger partial charge is 0.510 e. The first kappa shape index (κ1) is 11.6. The second kappa shape index (κ2) is 5.26. The highest BCUT2D eigenvalue weighted by atomic mass is 35.5. The Bertz CT molecular complexity index is 171. The summed E-state index contributed by atoms with van der Waals surface area (Å²) in [6.45, 7) is 7.38. The van der Waals surface area contributed by atoms with Gasteiger partial charge in [0.2, 0.25) is 0 Å². The van der Waals surface area contributed by atoms with E-state index in [1.54, 1.807) is 13.0 Å². The molecule has 0 aliphatic carbocycles. The Balaban J connectivity index is 4.07. The molecule has 0 aromatic carbocycles. The lowest BCUT2D eigenvalue weighted by molar-refractivity contribution is 0.372. The zero-order chi connectivity index (χ0) is 9.61. The molecule has 0 aliphatic rings. The number of halogens is 1. The summed E-state index contributed by atoms with van der Waals surface area (Å²) in [5, 5.41) is 9.46. The second-order valence-electron chi connectivity index (χ2n) is 3.01. The van der Waals surface area contributed by atoms with Gasteiger partial charge in [0.1, 0.15) is 10.6 Å². The number of alkyl halides is 1. The third-order valence-electron chi connectivity index (χ3n) is 1.78. The van der Waals surface area contributed by atoms with Gasteiger partial charge in [0, 0.05) is 0 Å². The molecule has 0 aromatic heterocycles. The van der Waals surface area contributed by atoms with E-state index in [0.29, 0.717) is 0 Å². The molecule has 0 rings (SSSR count). The van der Waals surface area contributed by atoms with Crippen LogP contribution < -0.4 is 0 Å². The maximum atomic E-state index is 9.46. The van der Waals surface area contributed by atoms with Crippen LogP contribution in [-0.4, -0.2) is 9.98 Å². The smallest absolute Gasteiger partial charge is 0.116 e. The van der Waals surface area contributed by atoms with Gasteiger partial charge in [-0.2, -0.15) is 0 Å². The average Bonchev–Trinajstić information content (AvgIpc) is 2.05. The number of hydrogen-bond acceptors (Lipinski definition) is 1. The standard InChI is InChI=1S/C10H17ClO/c1-4-6-7-8-9(12)10(3,11)5-2/h5,8,12H,2,4,6-7H2,1,3H3/b9-8-. The van der Waals surface area contributed by atoms with Crippen molar-refractivity contribution >= 4 is 11.6 Å². The zero-order valence-corrected chi connectivity index (χ0v) is 8.56. The predicted molar refractivity (Wildman–Crippen MR) is 54.7 cm³/mol. The minimum Gasteiger partial charge on any atom is -0.510 e. The van der Waals surface area contributed by atoms with Crippen LogP contribution >= 0.6 is 11.6 Å². The zero-order valence-electron chi connectivity index (χ0n) is 7.81. The number of hydrogen-bond donors (Lipinski definition) is 1. The third kappa shape index (κ3) is 3.82. The van der Waals surface area contributed by atoms with Crippen molar-refractivity contribution in [2.75, 3.05) is 0 Å². The molecule has 0 spiro atoms. The summed E-state index contributed by atoms with van der Waals surface area (Å²) in [4.78, 5) is -0.798. The van der Waals surface area contributed by atoms with Crippen LogP contribution in [0.1, 0.15) is 33.1 Å². The first-order valence-corrected chi connectivity index (χ1v) is 4.64. The number of unbranched alkanes of at least 4 members (excludes halogenated alkanes) is 2. The van der Waals surface area contributed by atoms with Gasteiger partial charge in [-0.1, -0.05) is 19.4 Å². The van der Waals surface area contributed by atoms with Crippen LogP contribution in [0.5, 0.6) is 0 Å². The molecular weight excluding hydrogens is 172 g/mol. The molecule has 0 saturated heterocycles. The van der Waals surface area contributed by atoms with Crippen molar-refractivity contribution in [2.24, 2.45) is 0 Å². The maximum absolute atomic E-state index is 9.46. The minimum atomic E-state index is -0.798. The van der Waals surface area contributed by atoms with Crippen LogP contribution in [-0.2, 0) is 0 Å². The molecule has 0 aromatic rings. The Morgan fingerprint density at radius 3 is 2.67 bits per heavy atom. The molecule has 1 N–H and O–H groups in total. The first-order valence-electron chi connectivity index (χ1n) is 4.26. The van der Waals surface area contributed by atoms with E-state index in [4.69, 9.17) is 11.6 Å². The summed E-state index contributed by atoms with van der Waals surface area (Å²) in [6.07, 6.45) is 6.37. The van der Waals surface area contributed by atoms with Gasteiger partial charge in [-0.3, -0.25) is 0 Å². The van der Waals surface area contributed by atoms with Crippen LogP contribution in [0, 0.1) is 0 Å². The highest BCUT2D eigenvalue weighted by molar-refractivity contribution is 6.26. The fraction of sp³-hybridized carbons (Fsp3) is 0.600. The topological polar surface area (TPSA) is 20.2 Å². The average molecular weight is 189 g/mol. The number of rotatable bonds is 5. The lowest BCUT2D eigenvalue weighted by atomic mass is 10.1. The van der Waals surface area contributed by atoms with Crippen LogP contribution in [0.2, 0.25) is 0 Å². The first-order chi connectivity index (χ1) is 5.54. The van der Waals surface area contributed by atoms with Crippen molar-refractivity contribution in [1.82, 2.24) is 0 Å². The van der Waals surface area contributed by atoms with Gasteiger partial charge >= 0.3 is 0 Å². The Kier molecular flexibility index (Phi) is 5.07. The Morgan fingerprint density at radius 2 is 2.25 bits per heavy atom. The second-order valence-corrected chi connectivity index (χ2v) is 3.80. The van der Waals surface area contributed by atoms with Crippen LogP contribution in [0.3, 0.4) is 0 Å². The van der Waals surface area contributed by atoms with E-state index in [1.165, 1.54) is 6.08 Å². The molecule has 0 saturated carbocycles. The predicted octanol–water partition coefficient (Wildman–Crippen LogP) is 3.80. The summed E-state index contributed by atoms with van der Waals surface area (Å²) in [7, 11) is 0. The lowest BCUT2D eigenvalue weighted by Gasteiger charge is -2.15. The SMILES string of the molecule is C=CC(C)(Cl)/C(O)=C/CCCC. The molecule has 0 heterocycles. The third-order valence-corrected chi connectivity index (χ3v) is 2.13. The van der Waals surface area contributed by atoms with Gasteiger partial charge in [0.25, 0.3) is 0 Å². The quantitative estimate of drug-likeness (QED) is 0.301. The van der Waals surface area contributed by atoms with Gasteiger partial charge in [-0.15, -0.1) is 18.2 Å². The molecule has 0 bridgehead atoms. The molecule has 1 nitrogen and oxygen atoms in total. The van der Waals surface area contributed by atoms with Crippen molar-refractivity contribution < 1.29 is 5.11 Å². The molecule has 2 heteroatoms. The van der Waals surface area contributed by atoms with Gasteiger partial charge in [-0.05, 0) is 25.8 Å². The van der Waals surface area contributed by atoms with Crippen molar-refractivity contribution in [2.45, 2.75) is 38.0 Å². The molecular formula is C10H17ClO. The molecule has 0 radical (unpaired) electrons. The number of allylic oxidation sites excluding steroid dienone is 2. The molecule has 0 fully saturated rings. The van der Waals surface area contributed by atoms with Crippen molar-refractivity contribution in [3.05, 3.63) is 24.5 Å². The summed E-state index contributed by atoms with van der Waals surface area (Å²) in [5.74, 6) is 0.201. The number of aliphatic hydroxyl groups is 1. The Labute approximate surface area is 79.7 Å². The van der Waals surface area contributed by atoms with E-state index < -0.39 is 4.87 Å². The highest BCUT2D eigenvalue weighted by Crippen LogP contribution is 2.24. The van der Waals surface area contributed by atoms with Gasteiger partial charge in [-0.25, -0.2) is 0 Å². The molecule has 1 atom stereocenters. The molecule has 1 unspecified atom stereocenters. The van der Waals surface area contributed by atoms with Gasteiger partial charge in [0.05, 0.1) is 0 Å². The number of aliphatic hydroxyl groups excluding tert-OH is 1. The molecule has 0 aliphatic heterocycles. The molecule has 70 valence electrons. The monoisotopic (exact) mass is 188 g/mol. The van der Waals surface area contributed by atoms with E-state index in [-0.39, 0.29) is 5.76 Å². The summed E-state index contributed by atoms with van der Waals surface area (Å²) < 4.78 is 0. The summed E-state index contributed by atoms with van der Waals surface area (Å²) in [6, 6.07) is 0. The lowest BCUT2D eigenvalue weighted by Crippen LogP contribution is -2.15. The summed E-state index contributed by atoms with van der Waals surface area (Å²) in [5.41, 5.74) is 0. The minimum absolute atomic E-state index is 0.201. The maximum Gasteiger partial charge on any atom is 0.116 e. The fourth-order valence-corrected chi connectivity index (χ4v) is 0.824. The summed E-state index contributed by atoms with van der Waals surface area (Å²) >= 11 is 5.91. The van der Waals surface area contributed by atoms with Crippen molar-refractivity contribution in [1.29, 1.82) is 0 Å². The van der Waals surface area contributed by atoms with E-state index in [1.807, 2.05) is 0 Å². The molecule has 12 heavy (non-hydrogen) atoms.